The molecule has 3 aliphatic heterocycles. The summed E-state index contributed by atoms with van der Waals surface area (Å²) in [7, 11) is 0. The van der Waals surface area contributed by atoms with Gasteiger partial charge in [-0.05, 0) is 38.8 Å². The van der Waals surface area contributed by atoms with Crippen LogP contribution in [-0.4, -0.2) is 67.0 Å². The van der Waals surface area contributed by atoms with E-state index in [9.17, 15) is 9.59 Å². The number of hydrogen-bond donors (Lipinski definition) is 1. The summed E-state index contributed by atoms with van der Waals surface area (Å²) < 4.78 is 41.3. The summed E-state index contributed by atoms with van der Waals surface area (Å²) in [5, 5.41) is 2.68. The van der Waals surface area contributed by atoms with Crippen molar-refractivity contribution >= 4 is 12.1 Å². The number of ether oxygens (including phenoxy) is 7. The van der Waals surface area contributed by atoms with Gasteiger partial charge >= 0.3 is 12.1 Å². The van der Waals surface area contributed by atoms with Crippen LogP contribution in [0.25, 0.3) is 0 Å². The molecule has 0 saturated carbocycles. The van der Waals surface area contributed by atoms with Gasteiger partial charge in [-0.3, -0.25) is 0 Å². The molecule has 2 aromatic rings. The molecule has 1 N–H and O–H groups in total. The Morgan fingerprint density at radius 1 is 0.897 bits per heavy atom. The van der Waals surface area contributed by atoms with Crippen LogP contribution in [0.5, 0.6) is 0 Å². The topological polar surface area (TPSA) is 111 Å². The summed E-state index contributed by atoms with van der Waals surface area (Å²) >= 11 is 0. The summed E-state index contributed by atoms with van der Waals surface area (Å²) in [6.07, 6.45) is -4.00. The highest BCUT2D eigenvalue weighted by molar-refractivity contribution is 5.82. The normalized spacial score (nSPS) is 29.4. The van der Waals surface area contributed by atoms with E-state index >= 15 is 0 Å². The summed E-state index contributed by atoms with van der Waals surface area (Å²) in [6, 6.07) is 17.6. The van der Waals surface area contributed by atoms with Crippen molar-refractivity contribution in [2.24, 2.45) is 0 Å². The minimum absolute atomic E-state index is 0.0666. The van der Waals surface area contributed by atoms with Gasteiger partial charge < -0.3 is 38.5 Å². The first-order chi connectivity index (χ1) is 18.6. The van der Waals surface area contributed by atoms with Gasteiger partial charge in [-0.15, -0.1) is 0 Å². The van der Waals surface area contributed by atoms with E-state index in [1.54, 1.807) is 27.7 Å². The number of benzene rings is 2. The number of hydrogen-bond acceptors (Lipinski definition) is 9. The fourth-order valence-electron chi connectivity index (χ4n) is 4.98. The van der Waals surface area contributed by atoms with Crippen molar-refractivity contribution in [1.29, 1.82) is 0 Å². The van der Waals surface area contributed by atoms with Crippen molar-refractivity contribution < 1.29 is 42.7 Å². The van der Waals surface area contributed by atoms with Gasteiger partial charge in [-0.1, -0.05) is 60.7 Å². The number of nitrogens with one attached hydrogen (secondary N) is 1. The number of rotatable bonds is 8. The highest BCUT2D eigenvalue weighted by Gasteiger charge is 2.60. The van der Waals surface area contributed by atoms with E-state index in [0.29, 0.717) is 0 Å². The maximum Gasteiger partial charge on any atom is 0.408 e. The van der Waals surface area contributed by atoms with Crippen molar-refractivity contribution in [2.75, 3.05) is 6.61 Å². The van der Waals surface area contributed by atoms with Crippen LogP contribution in [0.1, 0.15) is 38.8 Å². The van der Waals surface area contributed by atoms with Gasteiger partial charge in [0.05, 0.1) is 6.61 Å². The van der Waals surface area contributed by atoms with Crippen LogP contribution in [0.2, 0.25) is 0 Å². The smallest absolute Gasteiger partial charge is 0.408 e. The third kappa shape index (κ3) is 6.77. The molecule has 0 radical (unpaired) electrons. The first-order valence-electron chi connectivity index (χ1n) is 13.1. The zero-order valence-electron chi connectivity index (χ0n) is 22.5. The van der Waals surface area contributed by atoms with Gasteiger partial charge in [-0.25, -0.2) is 9.59 Å². The fraction of sp³-hybridized carbons (Fsp3) is 0.517. The lowest BCUT2D eigenvalue weighted by Crippen LogP contribution is -2.50. The predicted octanol–water partition coefficient (Wildman–Crippen LogP) is 3.46. The quantitative estimate of drug-likeness (QED) is 0.502. The van der Waals surface area contributed by atoms with Gasteiger partial charge in [0.25, 0.3) is 0 Å². The second-order valence-corrected chi connectivity index (χ2v) is 10.8. The molecule has 10 heteroatoms. The van der Waals surface area contributed by atoms with Gasteiger partial charge in [-0.2, -0.15) is 0 Å². The second kappa shape index (κ2) is 11.2. The van der Waals surface area contributed by atoms with Gasteiger partial charge in [0.2, 0.25) is 0 Å². The Morgan fingerprint density at radius 2 is 1.56 bits per heavy atom. The molecule has 6 unspecified atom stereocenters. The molecule has 0 aliphatic carbocycles. The van der Waals surface area contributed by atoms with Crippen molar-refractivity contribution in [3.8, 4) is 0 Å². The lowest BCUT2D eigenvalue weighted by Gasteiger charge is -2.30. The van der Waals surface area contributed by atoms with Crippen LogP contribution in [-0.2, 0) is 51.0 Å². The Bertz CT molecular complexity index is 1140. The van der Waals surface area contributed by atoms with Crippen molar-refractivity contribution in [3.05, 3.63) is 71.8 Å². The molecule has 3 heterocycles. The molecule has 1 amide bonds. The maximum atomic E-state index is 13.6. The van der Waals surface area contributed by atoms with Crippen LogP contribution >= 0.6 is 0 Å². The molecule has 2 aromatic carbocycles. The Morgan fingerprint density at radius 3 is 2.21 bits per heavy atom. The molecule has 210 valence electrons. The summed E-state index contributed by atoms with van der Waals surface area (Å²) in [6.45, 7) is 7.47. The zero-order valence-corrected chi connectivity index (χ0v) is 22.5. The van der Waals surface area contributed by atoms with Crippen LogP contribution in [0.3, 0.4) is 0 Å². The van der Waals surface area contributed by atoms with E-state index in [4.69, 9.17) is 33.2 Å². The van der Waals surface area contributed by atoms with Crippen LogP contribution in [0, 0.1) is 0 Å². The Kier molecular flexibility index (Phi) is 7.93. The highest BCUT2D eigenvalue weighted by Crippen LogP contribution is 2.42. The number of carbonyl (C=O) groups excluding carboxylic acids is 2. The molecule has 3 saturated heterocycles. The number of alkyl carbamates (subject to hydrolysis) is 1. The highest BCUT2D eigenvalue weighted by atomic mass is 16.8. The molecule has 0 bridgehead atoms. The first kappa shape index (κ1) is 27.5. The fourth-order valence-corrected chi connectivity index (χ4v) is 4.98. The third-order valence-corrected chi connectivity index (χ3v) is 6.75. The molecule has 3 aliphatic rings. The molecule has 0 aromatic heterocycles. The molecular formula is C29H35NO9. The van der Waals surface area contributed by atoms with Crippen LogP contribution in [0.4, 0.5) is 4.79 Å². The molecule has 10 nitrogen and oxygen atoms in total. The summed E-state index contributed by atoms with van der Waals surface area (Å²) in [4.78, 5) is 26.4. The Hall–Kier alpha value is -3.02. The monoisotopic (exact) mass is 541 g/mol. The molecule has 5 rings (SSSR count). The average molecular weight is 542 g/mol. The second-order valence-electron chi connectivity index (χ2n) is 10.8. The minimum Gasteiger partial charge on any atom is -0.455 e. The average Bonchev–Trinajstić information content (AvgIpc) is 3.52. The van der Waals surface area contributed by atoms with E-state index in [-0.39, 0.29) is 19.6 Å². The van der Waals surface area contributed by atoms with E-state index in [2.05, 4.69) is 5.32 Å². The summed E-state index contributed by atoms with van der Waals surface area (Å²) in [5.41, 5.74) is 1.67. The lowest BCUT2D eigenvalue weighted by atomic mass is 10.0. The number of esters is 1. The maximum absolute atomic E-state index is 13.6. The number of fused-ring (bicyclic) bond motifs is 1. The van der Waals surface area contributed by atoms with E-state index in [1.807, 2.05) is 60.7 Å². The molecule has 6 atom stereocenters. The van der Waals surface area contributed by atoms with Crippen molar-refractivity contribution in [1.82, 2.24) is 5.32 Å². The van der Waals surface area contributed by atoms with Crippen LogP contribution < -0.4 is 5.32 Å². The van der Waals surface area contributed by atoms with Gasteiger partial charge in [0.1, 0.15) is 24.9 Å². The number of amides is 1. The predicted molar refractivity (Wildman–Crippen MR) is 137 cm³/mol. The Labute approximate surface area is 227 Å². The van der Waals surface area contributed by atoms with Crippen LogP contribution in [0.15, 0.2) is 60.7 Å². The SMILES string of the molecule is CC1(C)OCC(C2OC3OC(C)(C)OC3C2OC(=O)C(Cc2ccccc2)NC(=O)OCc2ccccc2)O1. The third-order valence-electron chi connectivity index (χ3n) is 6.75. The minimum atomic E-state index is -1.03. The molecule has 0 spiro atoms. The van der Waals surface area contributed by atoms with E-state index in [0.717, 1.165) is 11.1 Å². The lowest BCUT2D eigenvalue weighted by molar-refractivity contribution is -0.235. The zero-order chi connectivity index (χ0) is 27.6. The first-order valence-corrected chi connectivity index (χ1v) is 13.1. The van der Waals surface area contributed by atoms with Crippen molar-refractivity contribution in [3.63, 3.8) is 0 Å². The standard InChI is InChI=1S/C29H35NO9/c1-28(2)34-17-21(37-28)22-23(24-26(36-22)39-29(3,4)38-24)35-25(31)20(15-18-11-7-5-8-12-18)30-27(32)33-16-19-13-9-6-10-14-19/h5-14,20-24,26H,15-17H2,1-4H3,(H,30,32). The molecule has 3 fully saturated rings. The van der Waals surface area contributed by atoms with E-state index in [1.165, 1.54) is 0 Å². The van der Waals surface area contributed by atoms with Gasteiger partial charge in [0, 0.05) is 6.42 Å². The van der Waals surface area contributed by atoms with Gasteiger partial charge in [0.15, 0.2) is 30.1 Å². The summed E-state index contributed by atoms with van der Waals surface area (Å²) in [5.74, 6) is -2.37. The molecule has 39 heavy (non-hydrogen) atoms. The Balaban J connectivity index is 1.31. The largest absolute Gasteiger partial charge is 0.455 e. The van der Waals surface area contributed by atoms with Crippen molar-refractivity contribution in [2.45, 2.75) is 89.0 Å². The van der Waals surface area contributed by atoms with E-state index < -0.39 is 60.4 Å². The number of carbonyl (C=O) groups is 2. The molecular weight excluding hydrogens is 506 g/mol.